The normalized spacial score (nSPS) is 29.1. The lowest BCUT2D eigenvalue weighted by atomic mass is 9.50. The summed E-state index contributed by atoms with van der Waals surface area (Å²) < 4.78 is 76.8. The Labute approximate surface area is 263 Å². The Morgan fingerprint density at radius 2 is 1.74 bits per heavy atom. The number of rotatable bonds is 4. The number of amides is 1. The van der Waals surface area contributed by atoms with Gasteiger partial charge < -0.3 is 9.84 Å². The highest BCUT2D eigenvalue weighted by Gasteiger charge is 2.79. The summed E-state index contributed by atoms with van der Waals surface area (Å²) in [7, 11) is 0. The zero-order valence-electron chi connectivity index (χ0n) is 25.2. The maximum atomic E-state index is 15.2. The largest absolute Gasteiger partial charge is 0.456 e. The third kappa shape index (κ3) is 5.32. The molecule has 2 aromatic rings. The minimum absolute atomic E-state index is 0.0273. The van der Waals surface area contributed by atoms with E-state index in [9.17, 15) is 27.9 Å². The van der Waals surface area contributed by atoms with Crippen LogP contribution in [0.1, 0.15) is 68.9 Å². The molecular weight excluding hydrogens is 605 g/mol. The van der Waals surface area contributed by atoms with Gasteiger partial charge in [0, 0.05) is 29.0 Å². The fraction of sp³-hybridized carbons (Fsp3) is 0.444. The molecule has 0 aliphatic heterocycles. The van der Waals surface area contributed by atoms with Gasteiger partial charge in [0.2, 0.25) is 0 Å². The van der Waals surface area contributed by atoms with E-state index in [1.165, 1.54) is 6.92 Å². The van der Waals surface area contributed by atoms with Crippen molar-refractivity contribution in [1.29, 1.82) is 0 Å². The smallest absolute Gasteiger partial charge is 0.436 e. The SMILES string of the molecule is C[C@]12C[C@H](c3ccc(C#CCOC(=O)Nc4ccccc4)cc3)C3=C4CCC(=O)C=C4CCC3C1CC[C@@]2(O)C(F)(F)C(F)(F)F. The summed E-state index contributed by atoms with van der Waals surface area (Å²) in [5.41, 5.74) is -0.141. The van der Waals surface area contributed by atoms with Crippen LogP contribution in [0.4, 0.5) is 32.4 Å². The number of nitrogens with one attached hydrogen (secondary N) is 1. The van der Waals surface area contributed by atoms with Crippen molar-refractivity contribution in [3.8, 4) is 11.8 Å². The quantitative estimate of drug-likeness (QED) is 0.262. The van der Waals surface area contributed by atoms with Crippen LogP contribution in [0.2, 0.25) is 0 Å². The third-order valence-corrected chi connectivity index (χ3v) is 10.6. The molecule has 0 heterocycles. The predicted molar refractivity (Wildman–Crippen MR) is 161 cm³/mol. The first-order valence-electron chi connectivity index (χ1n) is 15.5. The molecule has 10 heteroatoms. The van der Waals surface area contributed by atoms with Crippen molar-refractivity contribution in [3.05, 3.63) is 88.5 Å². The average Bonchev–Trinajstić information content (AvgIpc) is 3.30. The van der Waals surface area contributed by atoms with Crippen molar-refractivity contribution < 1.29 is 41.4 Å². The number of aliphatic hydroxyl groups is 1. The van der Waals surface area contributed by atoms with Gasteiger partial charge in [0.1, 0.15) is 5.60 Å². The molecule has 6 rings (SSSR count). The molecule has 4 aliphatic rings. The van der Waals surface area contributed by atoms with E-state index in [2.05, 4.69) is 17.2 Å². The molecule has 0 aromatic heterocycles. The van der Waals surface area contributed by atoms with Crippen molar-refractivity contribution in [1.82, 2.24) is 0 Å². The molecule has 5 nitrogen and oxygen atoms in total. The number of halogens is 5. The maximum Gasteiger partial charge on any atom is 0.456 e. The molecule has 2 N–H and O–H groups in total. The molecule has 0 radical (unpaired) electrons. The van der Waals surface area contributed by atoms with Crippen LogP contribution in [0.5, 0.6) is 0 Å². The number of para-hydroxylation sites is 1. The Bertz CT molecular complexity index is 1650. The van der Waals surface area contributed by atoms with E-state index in [4.69, 9.17) is 4.74 Å². The van der Waals surface area contributed by atoms with Crippen molar-refractivity contribution in [2.24, 2.45) is 17.3 Å². The Balaban J connectivity index is 1.29. The molecule has 46 heavy (non-hydrogen) atoms. The monoisotopic (exact) mass is 639 g/mol. The standard InChI is InChI=1S/C36H34F5NO4/c1-33-21-29(23-11-9-22(10-12-23)6-5-19-46-32(44)42-25-7-3-2-4-8-25)31-27-16-14-26(43)20-24(27)13-15-28(31)30(33)17-18-34(33,45)35(37,38)36(39,40)41/h2-4,7-12,20,28-30,45H,13-19,21H2,1H3,(H,42,44)/t28?,29-,30?,33+,34+/m1/s1. The molecule has 2 unspecified atom stereocenters. The van der Waals surface area contributed by atoms with E-state index in [0.717, 1.165) is 22.3 Å². The number of anilines is 1. The highest BCUT2D eigenvalue weighted by Crippen LogP contribution is 2.70. The van der Waals surface area contributed by atoms with Crippen LogP contribution in [0.15, 0.2) is 77.4 Å². The molecule has 1 amide bonds. The van der Waals surface area contributed by atoms with E-state index in [1.54, 1.807) is 54.6 Å². The van der Waals surface area contributed by atoms with Gasteiger partial charge in [0.25, 0.3) is 0 Å². The molecule has 0 bridgehead atoms. The van der Waals surface area contributed by atoms with E-state index in [0.29, 0.717) is 36.9 Å². The summed E-state index contributed by atoms with van der Waals surface area (Å²) in [5.74, 6) is -0.943. The zero-order valence-corrected chi connectivity index (χ0v) is 25.2. The van der Waals surface area contributed by atoms with Crippen LogP contribution in [-0.4, -0.2) is 41.3 Å². The highest BCUT2D eigenvalue weighted by atomic mass is 19.4. The first-order chi connectivity index (χ1) is 21.7. The molecule has 4 aliphatic carbocycles. The Kier molecular flexibility index (Phi) is 8.12. The van der Waals surface area contributed by atoms with Crippen molar-refractivity contribution in [3.63, 3.8) is 0 Å². The lowest BCUT2D eigenvalue weighted by Crippen LogP contribution is -2.65. The fourth-order valence-electron chi connectivity index (χ4n) is 8.43. The molecular formula is C36H34F5NO4. The van der Waals surface area contributed by atoms with Gasteiger partial charge in [0.05, 0.1) is 0 Å². The molecule has 242 valence electrons. The summed E-state index contributed by atoms with van der Waals surface area (Å²) in [4.78, 5) is 24.2. The fourth-order valence-corrected chi connectivity index (χ4v) is 8.43. The molecule has 5 atom stereocenters. The van der Waals surface area contributed by atoms with Gasteiger partial charge in [-0.3, -0.25) is 10.1 Å². The summed E-state index contributed by atoms with van der Waals surface area (Å²) in [6, 6.07) is 15.8. The average molecular weight is 640 g/mol. The first-order valence-corrected chi connectivity index (χ1v) is 15.5. The number of benzene rings is 2. The topological polar surface area (TPSA) is 75.6 Å². The summed E-state index contributed by atoms with van der Waals surface area (Å²) in [5, 5.41) is 14.0. The van der Waals surface area contributed by atoms with Crippen LogP contribution in [0, 0.1) is 29.1 Å². The predicted octanol–water partition coefficient (Wildman–Crippen LogP) is 8.12. The van der Waals surface area contributed by atoms with E-state index in [-0.39, 0.29) is 31.1 Å². The highest BCUT2D eigenvalue weighted by molar-refractivity contribution is 5.93. The number of carbonyl (C=O) groups excluding carboxylic acids is 2. The zero-order chi connectivity index (χ0) is 32.9. The number of ether oxygens (including phenoxy) is 1. The Morgan fingerprint density at radius 3 is 2.43 bits per heavy atom. The third-order valence-electron chi connectivity index (χ3n) is 10.6. The van der Waals surface area contributed by atoms with Gasteiger partial charge >= 0.3 is 18.2 Å². The van der Waals surface area contributed by atoms with Crippen molar-refractivity contribution >= 4 is 17.6 Å². The maximum absolute atomic E-state index is 15.2. The van der Waals surface area contributed by atoms with Crippen LogP contribution >= 0.6 is 0 Å². The van der Waals surface area contributed by atoms with Crippen LogP contribution in [0.25, 0.3) is 0 Å². The van der Waals surface area contributed by atoms with Crippen LogP contribution in [0.3, 0.4) is 0 Å². The minimum atomic E-state index is -5.90. The Morgan fingerprint density at radius 1 is 1.02 bits per heavy atom. The second-order valence-corrected chi connectivity index (χ2v) is 13.0. The lowest BCUT2D eigenvalue weighted by Gasteiger charge is -2.56. The van der Waals surface area contributed by atoms with Crippen LogP contribution < -0.4 is 5.32 Å². The summed E-state index contributed by atoms with van der Waals surface area (Å²) in [6.45, 7) is 1.24. The van der Waals surface area contributed by atoms with Gasteiger partial charge in [-0.2, -0.15) is 22.0 Å². The number of alkyl halides is 5. The van der Waals surface area contributed by atoms with Gasteiger partial charge in [-0.05, 0) is 97.4 Å². The summed E-state index contributed by atoms with van der Waals surface area (Å²) in [6.07, 6.45) is -3.70. The number of ketones is 1. The molecule has 2 aromatic carbocycles. The van der Waals surface area contributed by atoms with E-state index < -0.39 is 47.5 Å². The number of hydrogen-bond donors (Lipinski definition) is 2. The number of hydrogen-bond acceptors (Lipinski definition) is 4. The lowest BCUT2D eigenvalue weighted by molar-refractivity contribution is -0.362. The molecule has 2 fully saturated rings. The van der Waals surface area contributed by atoms with Gasteiger partial charge in [-0.25, -0.2) is 4.79 Å². The van der Waals surface area contributed by atoms with E-state index >= 15 is 8.78 Å². The van der Waals surface area contributed by atoms with E-state index in [1.807, 2.05) is 6.07 Å². The second-order valence-electron chi connectivity index (χ2n) is 13.0. The number of fused-ring (bicyclic) bond motifs is 4. The van der Waals surface area contributed by atoms with Crippen molar-refractivity contribution in [2.75, 3.05) is 11.9 Å². The molecule has 2 saturated carbocycles. The van der Waals surface area contributed by atoms with Crippen LogP contribution in [-0.2, 0) is 9.53 Å². The number of carbonyl (C=O) groups is 2. The summed E-state index contributed by atoms with van der Waals surface area (Å²) >= 11 is 0. The molecule has 0 saturated heterocycles. The second kappa shape index (κ2) is 11.7. The van der Waals surface area contributed by atoms with Gasteiger partial charge in [-0.1, -0.05) is 54.7 Å². The van der Waals surface area contributed by atoms with Crippen molar-refractivity contribution in [2.45, 2.75) is 75.5 Å². The first kappa shape index (κ1) is 32.0. The number of allylic oxidation sites excluding steroid dienone is 4. The van der Waals surface area contributed by atoms with Gasteiger partial charge in [-0.15, -0.1) is 0 Å². The minimum Gasteiger partial charge on any atom is -0.436 e. The van der Waals surface area contributed by atoms with Gasteiger partial charge in [0.15, 0.2) is 12.4 Å². The Hall–Kier alpha value is -3.97. The molecule has 0 spiro atoms.